The van der Waals surface area contributed by atoms with Crippen molar-refractivity contribution < 1.29 is 18.7 Å². The van der Waals surface area contributed by atoms with Gasteiger partial charge in [0.25, 0.3) is 5.91 Å². The Kier molecular flexibility index (Phi) is 4.70. The topological polar surface area (TPSA) is 80.6 Å². The van der Waals surface area contributed by atoms with Crippen molar-refractivity contribution in [2.45, 2.75) is 20.0 Å². The summed E-state index contributed by atoms with van der Waals surface area (Å²) in [4.78, 5) is 23.9. The molecule has 0 saturated heterocycles. The van der Waals surface area contributed by atoms with Gasteiger partial charge >= 0.3 is 5.91 Å². The van der Waals surface area contributed by atoms with Gasteiger partial charge in [-0.25, -0.2) is 0 Å². The number of fused-ring (bicyclic) bond motifs is 1. The van der Waals surface area contributed by atoms with Gasteiger partial charge in [-0.15, -0.1) is 0 Å². The van der Waals surface area contributed by atoms with Crippen LogP contribution in [0, 0.1) is 6.92 Å². The van der Waals surface area contributed by atoms with E-state index in [1.54, 1.807) is 26.0 Å². The third kappa shape index (κ3) is 3.98. The summed E-state index contributed by atoms with van der Waals surface area (Å²) in [6.45, 7) is 3.34. The van der Waals surface area contributed by atoms with Crippen molar-refractivity contribution in [1.82, 2.24) is 10.9 Å². The lowest BCUT2D eigenvalue weighted by molar-refractivity contribution is -0.128. The Morgan fingerprint density at radius 1 is 1.00 bits per heavy atom. The molecule has 25 heavy (non-hydrogen) atoms. The average Bonchev–Trinajstić information content (AvgIpc) is 3.05. The Hall–Kier alpha value is -3.28. The molecule has 0 aliphatic heterocycles. The first kappa shape index (κ1) is 16.6. The number of benzene rings is 2. The Balaban J connectivity index is 1.57. The van der Waals surface area contributed by atoms with E-state index in [2.05, 4.69) is 10.9 Å². The minimum absolute atomic E-state index is 0.126. The number of hydrogen-bond donors (Lipinski definition) is 2. The first-order chi connectivity index (χ1) is 12.0. The molecule has 3 rings (SSSR count). The highest BCUT2D eigenvalue weighted by atomic mass is 16.5. The molecule has 2 amide bonds. The van der Waals surface area contributed by atoms with Crippen LogP contribution in [0.25, 0.3) is 10.8 Å². The smallest absolute Gasteiger partial charge is 0.305 e. The van der Waals surface area contributed by atoms with Gasteiger partial charge in [0.05, 0.1) is 0 Å². The normalized spacial score (nSPS) is 11.8. The van der Waals surface area contributed by atoms with Crippen LogP contribution in [-0.4, -0.2) is 17.9 Å². The third-order valence-corrected chi connectivity index (χ3v) is 3.67. The van der Waals surface area contributed by atoms with E-state index in [1.165, 1.54) is 6.07 Å². The Labute approximate surface area is 144 Å². The van der Waals surface area contributed by atoms with Crippen molar-refractivity contribution >= 4 is 22.6 Å². The predicted molar refractivity (Wildman–Crippen MR) is 93.1 cm³/mol. The molecule has 3 aromatic rings. The van der Waals surface area contributed by atoms with Gasteiger partial charge in [-0.3, -0.25) is 20.4 Å². The predicted octanol–water partition coefficient (Wildman–Crippen LogP) is 2.97. The van der Waals surface area contributed by atoms with Gasteiger partial charge in [0.15, 0.2) is 11.9 Å². The van der Waals surface area contributed by atoms with Crippen LogP contribution in [0.5, 0.6) is 5.75 Å². The summed E-state index contributed by atoms with van der Waals surface area (Å²) < 4.78 is 10.8. The molecule has 0 aliphatic carbocycles. The number of ether oxygens (including phenoxy) is 1. The quantitative estimate of drug-likeness (QED) is 0.717. The molecule has 0 fully saturated rings. The number of carbonyl (C=O) groups excluding carboxylic acids is 2. The number of furan rings is 1. The van der Waals surface area contributed by atoms with E-state index in [4.69, 9.17) is 9.15 Å². The fourth-order valence-electron chi connectivity index (χ4n) is 2.34. The van der Waals surface area contributed by atoms with Gasteiger partial charge in [-0.05, 0) is 48.9 Å². The zero-order valence-electron chi connectivity index (χ0n) is 13.9. The number of rotatable bonds is 4. The number of aryl methyl sites for hydroxylation is 1. The van der Waals surface area contributed by atoms with Crippen LogP contribution >= 0.6 is 0 Å². The Morgan fingerprint density at radius 2 is 1.76 bits per heavy atom. The standard InChI is InChI=1S/C19H18N2O4/c1-12-7-10-17(24-12)19(23)21-20-18(22)13(2)25-16-9-8-14-5-3-4-6-15(14)11-16/h3-11,13H,1-2H3,(H,20,22)(H,21,23)/t13-/m1/s1. The summed E-state index contributed by atoms with van der Waals surface area (Å²) >= 11 is 0. The maximum Gasteiger partial charge on any atom is 0.305 e. The number of nitrogens with one attached hydrogen (secondary N) is 2. The maximum atomic E-state index is 12.1. The molecular formula is C19H18N2O4. The maximum absolute atomic E-state index is 12.1. The van der Waals surface area contributed by atoms with Crippen LogP contribution in [0.2, 0.25) is 0 Å². The van der Waals surface area contributed by atoms with Crippen LogP contribution < -0.4 is 15.6 Å². The second-order valence-corrected chi connectivity index (χ2v) is 5.62. The lowest BCUT2D eigenvalue weighted by Crippen LogP contribution is -2.47. The summed E-state index contributed by atoms with van der Waals surface area (Å²) in [5, 5.41) is 2.11. The first-order valence-corrected chi connectivity index (χ1v) is 7.85. The van der Waals surface area contributed by atoms with Crippen LogP contribution in [0.4, 0.5) is 0 Å². The zero-order valence-corrected chi connectivity index (χ0v) is 13.9. The van der Waals surface area contributed by atoms with Crippen LogP contribution in [0.1, 0.15) is 23.2 Å². The van der Waals surface area contributed by atoms with Crippen LogP contribution in [0.3, 0.4) is 0 Å². The minimum atomic E-state index is -0.778. The Bertz CT molecular complexity index is 916. The number of hydrogen-bond acceptors (Lipinski definition) is 4. The second kappa shape index (κ2) is 7.09. The van der Waals surface area contributed by atoms with Crippen molar-refractivity contribution in [3.8, 4) is 5.75 Å². The molecule has 0 saturated carbocycles. The highest BCUT2D eigenvalue weighted by Gasteiger charge is 2.17. The highest BCUT2D eigenvalue weighted by Crippen LogP contribution is 2.21. The summed E-state index contributed by atoms with van der Waals surface area (Å²) in [6.07, 6.45) is -0.778. The molecular weight excluding hydrogens is 320 g/mol. The van der Waals surface area contributed by atoms with Gasteiger partial charge < -0.3 is 9.15 Å². The van der Waals surface area contributed by atoms with Gasteiger partial charge in [0.1, 0.15) is 11.5 Å². The van der Waals surface area contributed by atoms with E-state index in [-0.39, 0.29) is 5.76 Å². The fraction of sp³-hybridized carbons (Fsp3) is 0.158. The number of amides is 2. The van der Waals surface area contributed by atoms with Crippen molar-refractivity contribution in [2.75, 3.05) is 0 Å². The minimum Gasteiger partial charge on any atom is -0.481 e. The zero-order chi connectivity index (χ0) is 17.8. The largest absolute Gasteiger partial charge is 0.481 e. The molecule has 1 aromatic heterocycles. The van der Waals surface area contributed by atoms with E-state index in [9.17, 15) is 9.59 Å². The van der Waals surface area contributed by atoms with E-state index in [0.29, 0.717) is 11.5 Å². The van der Waals surface area contributed by atoms with Crippen LogP contribution in [-0.2, 0) is 4.79 Å². The van der Waals surface area contributed by atoms with Crippen molar-refractivity contribution in [3.63, 3.8) is 0 Å². The molecule has 0 unspecified atom stereocenters. The van der Waals surface area contributed by atoms with Gasteiger partial charge in [0, 0.05) is 0 Å². The lowest BCUT2D eigenvalue weighted by Gasteiger charge is -2.15. The monoisotopic (exact) mass is 338 g/mol. The third-order valence-electron chi connectivity index (χ3n) is 3.67. The Morgan fingerprint density at radius 3 is 2.48 bits per heavy atom. The highest BCUT2D eigenvalue weighted by molar-refractivity contribution is 5.93. The van der Waals surface area contributed by atoms with E-state index < -0.39 is 17.9 Å². The molecule has 2 N–H and O–H groups in total. The average molecular weight is 338 g/mol. The van der Waals surface area contributed by atoms with Gasteiger partial charge in [-0.2, -0.15) is 0 Å². The van der Waals surface area contributed by atoms with E-state index >= 15 is 0 Å². The van der Waals surface area contributed by atoms with Crippen LogP contribution in [0.15, 0.2) is 59.0 Å². The van der Waals surface area contributed by atoms with Crippen molar-refractivity contribution in [1.29, 1.82) is 0 Å². The summed E-state index contributed by atoms with van der Waals surface area (Å²) in [7, 11) is 0. The number of carbonyl (C=O) groups is 2. The molecule has 0 radical (unpaired) electrons. The van der Waals surface area contributed by atoms with Gasteiger partial charge in [-0.1, -0.05) is 30.3 Å². The molecule has 6 nitrogen and oxygen atoms in total. The summed E-state index contributed by atoms with van der Waals surface area (Å²) in [6, 6.07) is 16.7. The lowest BCUT2D eigenvalue weighted by atomic mass is 10.1. The SMILES string of the molecule is Cc1ccc(C(=O)NNC(=O)[C@@H](C)Oc2ccc3ccccc3c2)o1. The van der Waals surface area contributed by atoms with Crippen molar-refractivity contribution in [3.05, 3.63) is 66.1 Å². The molecule has 2 aromatic carbocycles. The van der Waals surface area contributed by atoms with E-state index in [0.717, 1.165) is 10.8 Å². The molecule has 6 heteroatoms. The number of hydrazine groups is 1. The van der Waals surface area contributed by atoms with Crippen molar-refractivity contribution in [2.24, 2.45) is 0 Å². The second-order valence-electron chi connectivity index (χ2n) is 5.62. The molecule has 0 aliphatic rings. The first-order valence-electron chi connectivity index (χ1n) is 7.85. The molecule has 1 heterocycles. The van der Waals surface area contributed by atoms with E-state index in [1.807, 2.05) is 36.4 Å². The van der Waals surface area contributed by atoms with Gasteiger partial charge in [0.2, 0.25) is 0 Å². The molecule has 0 spiro atoms. The fourth-order valence-corrected chi connectivity index (χ4v) is 2.34. The summed E-state index contributed by atoms with van der Waals surface area (Å²) in [5.41, 5.74) is 4.62. The molecule has 128 valence electrons. The molecule has 0 bridgehead atoms. The summed E-state index contributed by atoms with van der Waals surface area (Å²) in [5.74, 6) is 0.323. The molecule has 1 atom stereocenters.